The Morgan fingerprint density at radius 3 is 2.56 bits per heavy atom. The number of fused-ring (bicyclic) bond motifs is 1. The third-order valence-electron chi connectivity index (χ3n) is 4.68. The van der Waals surface area contributed by atoms with E-state index in [2.05, 4.69) is 15.0 Å². The van der Waals surface area contributed by atoms with Crippen molar-refractivity contribution in [1.29, 1.82) is 0 Å². The van der Waals surface area contributed by atoms with E-state index < -0.39 is 10.0 Å². The Kier molecular flexibility index (Phi) is 4.87. The molecule has 0 amide bonds. The monoisotopic (exact) mass is 425 g/mol. The van der Waals surface area contributed by atoms with Crippen LogP contribution in [0.1, 0.15) is 17.6 Å². The minimum absolute atomic E-state index is 0.204. The van der Waals surface area contributed by atoms with Gasteiger partial charge in [-0.3, -0.25) is 0 Å². The van der Waals surface area contributed by atoms with Crippen LogP contribution >= 0.6 is 22.9 Å². The zero-order valence-corrected chi connectivity index (χ0v) is 17.5. The Bertz CT molecular complexity index is 1080. The number of hydrogen-bond acceptors (Lipinski definition) is 6. The summed E-state index contributed by atoms with van der Waals surface area (Å²) >= 11 is 7.68. The molecule has 1 aliphatic heterocycles. The Balaban J connectivity index is 1.62. The topological polar surface area (TPSA) is 70.8 Å². The van der Waals surface area contributed by atoms with Crippen LogP contribution in [0.25, 0.3) is 4.96 Å². The Labute approximate surface area is 167 Å². The lowest BCUT2D eigenvalue weighted by Crippen LogP contribution is -2.49. The van der Waals surface area contributed by atoms with Gasteiger partial charge in [0.25, 0.3) is 10.0 Å². The van der Waals surface area contributed by atoms with Gasteiger partial charge in [-0.2, -0.15) is 13.9 Å². The van der Waals surface area contributed by atoms with Crippen LogP contribution < -0.4 is 4.90 Å². The number of hydrogen-bond donors (Lipinski definition) is 0. The number of piperazine rings is 1. The van der Waals surface area contributed by atoms with E-state index in [9.17, 15) is 8.42 Å². The molecule has 0 radical (unpaired) electrons. The third-order valence-corrected chi connectivity index (χ3v) is 7.77. The first-order valence-electron chi connectivity index (χ1n) is 8.76. The van der Waals surface area contributed by atoms with Gasteiger partial charge >= 0.3 is 0 Å². The maximum Gasteiger partial charge on any atom is 0.262 e. The average molecular weight is 426 g/mol. The number of rotatable bonds is 4. The van der Waals surface area contributed by atoms with E-state index >= 15 is 0 Å². The highest BCUT2D eigenvalue weighted by Gasteiger charge is 2.34. The maximum atomic E-state index is 13.3. The average Bonchev–Trinajstić information content (AvgIpc) is 3.17. The second-order valence-electron chi connectivity index (χ2n) is 6.38. The molecule has 7 nitrogen and oxygen atoms in total. The van der Waals surface area contributed by atoms with Crippen molar-refractivity contribution in [3.8, 4) is 0 Å². The third kappa shape index (κ3) is 3.22. The van der Waals surface area contributed by atoms with Gasteiger partial charge in [-0.1, -0.05) is 42.0 Å². The van der Waals surface area contributed by atoms with Crippen molar-refractivity contribution in [2.24, 2.45) is 0 Å². The van der Waals surface area contributed by atoms with Gasteiger partial charge in [0.2, 0.25) is 4.96 Å². The van der Waals surface area contributed by atoms with Crippen LogP contribution in [0.5, 0.6) is 0 Å². The molecule has 3 heterocycles. The molecule has 1 aromatic carbocycles. The molecule has 0 atom stereocenters. The summed E-state index contributed by atoms with van der Waals surface area (Å²) in [6, 6.07) is 7.63. The standard InChI is InChI=1S/C17H20ClN5O2S2/c1-3-14-16(23-17(19-14)26-12(2)20-23)27(24,25)22-10-8-21(9-11-22)15-7-5-4-6-13(15)18/h4-7H,3,8-11H2,1-2H3. The Morgan fingerprint density at radius 1 is 1.19 bits per heavy atom. The number of sulfonamides is 1. The van der Waals surface area contributed by atoms with Gasteiger partial charge < -0.3 is 4.90 Å². The van der Waals surface area contributed by atoms with Crippen LogP contribution in [0.4, 0.5) is 5.69 Å². The number of anilines is 1. The summed E-state index contributed by atoms with van der Waals surface area (Å²) < 4.78 is 29.7. The minimum Gasteiger partial charge on any atom is -0.368 e. The summed E-state index contributed by atoms with van der Waals surface area (Å²) in [6.45, 7) is 5.72. The van der Waals surface area contributed by atoms with E-state index in [1.807, 2.05) is 38.1 Å². The van der Waals surface area contributed by atoms with Crippen molar-refractivity contribution < 1.29 is 8.42 Å². The highest BCUT2D eigenvalue weighted by atomic mass is 35.5. The number of imidazole rings is 1. The van der Waals surface area contributed by atoms with E-state index in [1.54, 1.807) is 0 Å². The molecule has 1 saturated heterocycles. The van der Waals surface area contributed by atoms with Crippen LogP contribution in [-0.4, -0.2) is 53.5 Å². The van der Waals surface area contributed by atoms with Gasteiger partial charge in [0.05, 0.1) is 16.4 Å². The number of para-hydroxylation sites is 1. The van der Waals surface area contributed by atoms with Crippen molar-refractivity contribution >= 4 is 43.6 Å². The zero-order valence-electron chi connectivity index (χ0n) is 15.1. The number of aryl methyl sites for hydroxylation is 2. The summed E-state index contributed by atoms with van der Waals surface area (Å²) in [5.74, 6) is 0. The van der Waals surface area contributed by atoms with Gasteiger partial charge in [0.1, 0.15) is 5.01 Å². The largest absolute Gasteiger partial charge is 0.368 e. The quantitative estimate of drug-likeness (QED) is 0.642. The van der Waals surface area contributed by atoms with Crippen molar-refractivity contribution in [2.45, 2.75) is 25.3 Å². The van der Waals surface area contributed by atoms with Crippen molar-refractivity contribution in [3.63, 3.8) is 0 Å². The van der Waals surface area contributed by atoms with Gasteiger partial charge in [0, 0.05) is 26.2 Å². The maximum absolute atomic E-state index is 13.3. The summed E-state index contributed by atoms with van der Waals surface area (Å²) in [5, 5.41) is 6.03. The van der Waals surface area contributed by atoms with E-state index in [0.717, 1.165) is 10.7 Å². The Morgan fingerprint density at radius 2 is 1.89 bits per heavy atom. The van der Waals surface area contributed by atoms with Crippen LogP contribution in [0.3, 0.4) is 0 Å². The van der Waals surface area contributed by atoms with Crippen molar-refractivity contribution in [3.05, 3.63) is 40.0 Å². The number of halogens is 1. The van der Waals surface area contributed by atoms with Gasteiger partial charge in [-0.15, -0.1) is 0 Å². The fourth-order valence-corrected chi connectivity index (χ4v) is 6.15. The molecule has 0 spiro atoms. The predicted molar refractivity (Wildman–Crippen MR) is 107 cm³/mol. The van der Waals surface area contributed by atoms with E-state index in [-0.39, 0.29) is 5.03 Å². The van der Waals surface area contributed by atoms with Crippen LogP contribution in [0.2, 0.25) is 5.02 Å². The van der Waals surface area contributed by atoms with Gasteiger partial charge in [0.15, 0.2) is 5.03 Å². The van der Waals surface area contributed by atoms with E-state index in [1.165, 1.54) is 20.2 Å². The number of benzene rings is 1. The molecule has 144 valence electrons. The lowest BCUT2D eigenvalue weighted by Gasteiger charge is -2.35. The van der Waals surface area contributed by atoms with Crippen molar-refractivity contribution in [1.82, 2.24) is 18.9 Å². The summed E-state index contributed by atoms with van der Waals surface area (Å²) in [5.41, 5.74) is 1.51. The van der Waals surface area contributed by atoms with Crippen LogP contribution in [0, 0.1) is 6.92 Å². The summed E-state index contributed by atoms with van der Waals surface area (Å²) in [4.78, 5) is 7.21. The molecule has 0 saturated carbocycles. The second kappa shape index (κ2) is 7.05. The molecular weight excluding hydrogens is 406 g/mol. The molecule has 1 aliphatic rings. The smallest absolute Gasteiger partial charge is 0.262 e. The molecular formula is C17H20ClN5O2S2. The molecule has 0 unspecified atom stereocenters. The highest BCUT2D eigenvalue weighted by Crippen LogP contribution is 2.29. The molecule has 1 fully saturated rings. The Hall–Kier alpha value is -1.68. The molecule has 2 aromatic heterocycles. The first-order valence-corrected chi connectivity index (χ1v) is 11.4. The van der Waals surface area contributed by atoms with E-state index in [0.29, 0.717) is 48.3 Å². The first-order chi connectivity index (χ1) is 12.9. The lowest BCUT2D eigenvalue weighted by molar-refractivity contribution is 0.382. The fourth-order valence-electron chi connectivity index (χ4n) is 3.36. The molecule has 3 aromatic rings. The van der Waals surface area contributed by atoms with E-state index in [4.69, 9.17) is 11.6 Å². The molecule has 4 rings (SSSR count). The van der Waals surface area contributed by atoms with Crippen molar-refractivity contribution in [2.75, 3.05) is 31.1 Å². The second-order valence-corrected chi connectivity index (χ2v) is 9.80. The number of aromatic nitrogens is 3. The van der Waals surface area contributed by atoms with Gasteiger partial charge in [-0.25, -0.2) is 13.4 Å². The minimum atomic E-state index is -3.67. The summed E-state index contributed by atoms with van der Waals surface area (Å²) in [6.07, 6.45) is 0.545. The molecule has 10 heteroatoms. The molecule has 27 heavy (non-hydrogen) atoms. The van der Waals surface area contributed by atoms with Crippen LogP contribution in [-0.2, 0) is 16.4 Å². The predicted octanol–water partition coefficient (Wildman–Crippen LogP) is 2.83. The van der Waals surface area contributed by atoms with Gasteiger partial charge in [-0.05, 0) is 25.5 Å². The normalized spacial score (nSPS) is 16.3. The number of nitrogens with zero attached hydrogens (tertiary/aromatic N) is 5. The lowest BCUT2D eigenvalue weighted by atomic mass is 10.2. The first kappa shape index (κ1) is 18.7. The highest BCUT2D eigenvalue weighted by molar-refractivity contribution is 7.89. The fraction of sp³-hybridized carbons (Fsp3) is 0.412. The zero-order chi connectivity index (χ0) is 19.2. The molecule has 0 aliphatic carbocycles. The molecule has 0 bridgehead atoms. The molecule has 0 N–H and O–H groups in total. The van der Waals surface area contributed by atoms with Crippen LogP contribution in [0.15, 0.2) is 29.3 Å². The SMILES string of the molecule is CCc1nc2sc(C)nn2c1S(=O)(=O)N1CCN(c2ccccc2Cl)CC1. The summed E-state index contributed by atoms with van der Waals surface area (Å²) in [7, 11) is -3.67.